The Bertz CT molecular complexity index is 789. The van der Waals surface area contributed by atoms with Gasteiger partial charge in [-0.1, -0.05) is 49.9 Å². The largest absolute Gasteiger partial charge is 0.630 e. The van der Waals surface area contributed by atoms with Crippen LogP contribution >= 0.6 is 19.5 Å². The molecule has 0 aliphatic carbocycles. The molecule has 5 nitrogen and oxygen atoms in total. The first-order chi connectivity index (χ1) is 11.2. The molecule has 1 aromatic carbocycles. The molecule has 2 aromatic rings. The lowest BCUT2D eigenvalue weighted by Gasteiger charge is -2.22. The number of carboxylic acids is 1. The lowest BCUT2D eigenvalue weighted by atomic mass is 9.94. The lowest BCUT2D eigenvalue weighted by molar-refractivity contribution is -0.155. The van der Waals surface area contributed by atoms with Gasteiger partial charge in [-0.05, 0) is 19.1 Å². The standard InChI is InChI=1S/C17H20NO4PS/c1-11(2)15(17(3,21)16(19)20)23(22)10-24-14-9-8-12-6-4-5-7-13(12)18-14/h4-9,11,21H,10H2,1-3H3,(H,19,20). The van der Waals surface area contributed by atoms with E-state index in [0.717, 1.165) is 15.9 Å². The minimum absolute atomic E-state index is 0.151. The summed E-state index contributed by atoms with van der Waals surface area (Å²) in [7, 11) is -2.01. The number of rotatable bonds is 6. The van der Waals surface area contributed by atoms with E-state index >= 15 is 0 Å². The van der Waals surface area contributed by atoms with Crippen molar-refractivity contribution < 1.29 is 19.9 Å². The fourth-order valence-corrected chi connectivity index (χ4v) is 5.56. The molecular weight excluding hydrogens is 345 g/mol. The summed E-state index contributed by atoms with van der Waals surface area (Å²) in [4.78, 5) is 28.4. The third kappa shape index (κ3) is 4.14. The Morgan fingerprint density at radius 3 is 2.62 bits per heavy atom. The van der Waals surface area contributed by atoms with Crippen LogP contribution in [-0.4, -0.2) is 37.6 Å². The molecule has 7 heteroatoms. The molecule has 2 rings (SSSR count). The highest BCUT2D eigenvalue weighted by molar-refractivity contribution is 8.04. The molecule has 2 unspecified atom stereocenters. The van der Waals surface area contributed by atoms with Crippen molar-refractivity contribution in [3.8, 4) is 0 Å². The van der Waals surface area contributed by atoms with Gasteiger partial charge in [0.1, 0.15) is 10.3 Å². The Kier molecular flexibility index (Phi) is 5.99. The van der Waals surface area contributed by atoms with Gasteiger partial charge in [0.05, 0.1) is 13.3 Å². The van der Waals surface area contributed by atoms with E-state index in [-0.39, 0.29) is 16.7 Å². The molecule has 1 aromatic heterocycles. The van der Waals surface area contributed by atoms with Crippen molar-refractivity contribution in [3.63, 3.8) is 0 Å². The second-order valence-electron chi connectivity index (χ2n) is 5.91. The minimum atomic E-state index is -2.10. The SMILES string of the molecule is CC(C)C(=[P+]([O-])CSc1ccc2ccccc2n1)C(C)(O)C(=O)O. The molecule has 0 spiro atoms. The van der Waals surface area contributed by atoms with Gasteiger partial charge in [0, 0.05) is 11.3 Å². The number of carboxylic acid groups (broad SMARTS) is 1. The van der Waals surface area contributed by atoms with Crippen LogP contribution in [-0.2, 0) is 4.79 Å². The van der Waals surface area contributed by atoms with Crippen molar-refractivity contribution in [1.82, 2.24) is 4.98 Å². The Morgan fingerprint density at radius 1 is 1.33 bits per heavy atom. The van der Waals surface area contributed by atoms with Gasteiger partial charge in [-0.25, -0.2) is 9.78 Å². The van der Waals surface area contributed by atoms with Gasteiger partial charge in [-0.2, -0.15) is 0 Å². The van der Waals surface area contributed by atoms with Gasteiger partial charge >= 0.3 is 5.97 Å². The van der Waals surface area contributed by atoms with Crippen molar-refractivity contribution >= 4 is 41.7 Å². The number of aliphatic hydroxyl groups is 1. The van der Waals surface area contributed by atoms with Gasteiger partial charge in [-0.15, -0.1) is 0 Å². The Labute approximate surface area is 146 Å². The number of thioether (sulfide) groups is 1. The molecule has 0 saturated carbocycles. The fourth-order valence-electron chi connectivity index (χ4n) is 2.52. The summed E-state index contributed by atoms with van der Waals surface area (Å²) in [5.74, 6) is -1.69. The lowest BCUT2D eigenvalue weighted by Crippen LogP contribution is -2.46. The number of fused-ring (bicyclic) bond motifs is 1. The number of carbonyl (C=O) groups is 1. The summed E-state index contributed by atoms with van der Waals surface area (Å²) in [5.41, 5.74) is -1.07. The summed E-state index contributed by atoms with van der Waals surface area (Å²) in [5, 5.41) is 21.3. The molecule has 2 N–H and O–H groups in total. The van der Waals surface area contributed by atoms with Crippen LogP contribution in [0.5, 0.6) is 0 Å². The maximum absolute atomic E-state index is 12.6. The molecule has 0 amide bonds. The highest BCUT2D eigenvalue weighted by Crippen LogP contribution is 2.33. The Morgan fingerprint density at radius 2 is 2.00 bits per heavy atom. The molecule has 128 valence electrons. The summed E-state index contributed by atoms with van der Waals surface area (Å²) in [6.07, 6.45) is 0. The molecule has 2 atom stereocenters. The summed E-state index contributed by atoms with van der Waals surface area (Å²) in [6, 6.07) is 11.5. The second kappa shape index (κ2) is 7.62. The third-order valence-corrected chi connectivity index (χ3v) is 7.10. The number of pyridine rings is 1. The summed E-state index contributed by atoms with van der Waals surface area (Å²) >= 11 is 1.30. The van der Waals surface area contributed by atoms with Crippen molar-refractivity contribution in [1.29, 1.82) is 0 Å². The van der Waals surface area contributed by atoms with E-state index < -0.39 is 19.3 Å². The van der Waals surface area contributed by atoms with Gasteiger partial charge in [0.15, 0.2) is 5.49 Å². The predicted octanol–water partition coefficient (Wildman–Crippen LogP) is 2.71. The number of nitrogens with zero attached hydrogens (tertiary/aromatic N) is 1. The van der Waals surface area contributed by atoms with E-state index in [1.54, 1.807) is 13.8 Å². The first kappa shape index (κ1) is 18.9. The van der Waals surface area contributed by atoms with Crippen LogP contribution in [0.4, 0.5) is 0 Å². The van der Waals surface area contributed by atoms with Crippen LogP contribution in [0.3, 0.4) is 0 Å². The van der Waals surface area contributed by atoms with Crippen molar-refractivity contribution in [2.45, 2.75) is 31.4 Å². The van der Waals surface area contributed by atoms with Crippen LogP contribution in [0, 0.1) is 5.92 Å². The maximum atomic E-state index is 12.6. The minimum Gasteiger partial charge on any atom is -0.630 e. The van der Waals surface area contributed by atoms with Crippen LogP contribution in [0.1, 0.15) is 20.8 Å². The number of aliphatic carboxylic acids is 1. The average Bonchev–Trinajstić information content (AvgIpc) is 2.52. The molecular formula is C17H20NO4PS. The van der Waals surface area contributed by atoms with E-state index in [4.69, 9.17) is 0 Å². The molecule has 0 aliphatic rings. The van der Waals surface area contributed by atoms with Crippen molar-refractivity contribution in [3.05, 3.63) is 36.4 Å². The zero-order valence-electron chi connectivity index (χ0n) is 13.8. The van der Waals surface area contributed by atoms with Crippen LogP contribution < -0.4 is 4.89 Å². The van der Waals surface area contributed by atoms with Gasteiger partial charge in [0.25, 0.3) is 0 Å². The van der Waals surface area contributed by atoms with Crippen molar-refractivity contribution in [2.75, 3.05) is 5.49 Å². The van der Waals surface area contributed by atoms with E-state index in [1.807, 2.05) is 36.4 Å². The topological polar surface area (TPSA) is 93.5 Å². The molecule has 0 fully saturated rings. The Hall–Kier alpha value is -1.46. The highest BCUT2D eigenvalue weighted by atomic mass is 32.2. The molecule has 0 saturated heterocycles. The first-order valence-corrected chi connectivity index (χ1v) is 9.93. The van der Waals surface area contributed by atoms with E-state index in [9.17, 15) is 19.9 Å². The molecule has 1 heterocycles. The molecule has 0 bridgehead atoms. The summed E-state index contributed by atoms with van der Waals surface area (Å²) < 4.78 is 0. The second-order valence-corrected chi connectivity index (χ2v) is 8.89. The van der Waals surface area contributed by atoms with E-state index in [2.05, 4.69) is 4.98 Å². The Balaban J connectivity index is 2.25. The monoisotopic (exact) mass is 365 g/mol. The number of aromatic nitrogens is 1. The average molecular weight is 365 g/mol. The number of hydrogen-bond donors (Lipinski definition) is 2. The maximum Gasteiger partial charge on any atom is 0.343 e. The number of benzene rings is 1. The van der Waals surface area contributed by atoms with Crippen LogP contribution in [0.25, 0.3) is 10.9 Å². The molecule has 0 radical (unpaired) electrons. The predicted molar refractivity (Wildman–Crippen MR) is 97.5 cm³/mol. The highest BCUT2D eigenvalue weighted by Gasteiger charge is 2.42. The first-order valence-electron chi connectivity index (χ1n) is 7.50. The van der Waals surface area contributed by atoms with Gasteiger partial charge in [0.2, 0.25) is 5.60 Å². The van der Waals surface area contributed by atoms with Crippen LogP contribution in [0.15, 0.2) is 41.4 Å². The zero-order valence-corrected chi connectivity index (χ0v) is 15.5. The van der Waals surface area contributed by atoms with E-state index in [1.165, 1.54) is 18.7 Å². The molecule has 24 heavy (non-hydrogen) atoms. The third-order valence-electron chi connectivity index (χ3n) is 3.63. The zero-order chi connectivity index (χ0) is 17.9. The van der Waals surface area contributed by atoms with Crippen LogP contribution in [0.2, 0.25) is 0 Å². The van der Waals surface area contributed by atoms with Gasteiger partial charge < -0.3 is 15.1 Å². The van der Waals surface area contributed by atoms with Gasteiger partial charge in [-0.3, -0.25) is 0 Å². The number of para-hydroxylation sites is 1. The normalized spacial score (nSPS) is 15.2. The smallest absolute Gasteiger partial charge is 0.343 e. The molecule has 0 aliphatic heterocycles. The summed E-state index contributed by atoms with van der Waals surface area (Å²) in [6.45, 7) is 4.65. The quantitative estimate of drug-likeness (QED) is 0.604. The fraction of sp³-hybridized carbons (Fsp3) is 0.353. The van der Waals surface area contributed by atoms with E-state index in [0.29, 0.717) is 0 Å². The van der Waals surface area contributed by atoms with Crippen molar-refractivity contribution in [2.24, 2.45) is 5.92 Å². The number of hydrogen-bond acceptors (Lipinski definition) is 5.